The van der Waals surface area contributed by atoms with Gasteiger partial charge in [0.1, 0.15) is 16.5 Å². The van der Waals surface area contributed by atoms with Gasteiger partial charge in [-0.2, -0.15) is 4.31 Å². The third-order valence-corrected chi connectivity index (χ3v) is 7.33. The molecule has 1 aliphatic rings. The number of halogens is 2. The quantitative estimate of drug-likeness (QED) is 0.715. The van der Waals surface area contributed by atoms with Gasteiger partial charge in [-0.15, -0.1) is 0 Å². The summed E-state index contributed by atoms with van der Waals surface area (Å²) in [4.78, 5) is 11.3. The number of carbonyl (C=O) groups is 1. The fourth-order valence-electron chi connectivity index (χ4n) is 3.50. The van der Waals surface area contributed by atoms with Crippen molar-refractivity contribution in [3.8, 4) is 5.75 Å². The van der Waals surface area contributed by atoms with Crippen molar-refractivity contribution in [2.24, 2.45) is 11.1 Å². The van der Waals surface area contributed by atoms with Crippen LogP contribution in [0.1, 0.15) is 19.3 Å². The molecule has 0 aromatic heterocycles. The fraction of sp³-hybridized carbons (Fsp3) is 0.350. The van der Waals surface area contributed by atoms with Crippen molar-refractivity contribution >= 4 is 27.5 Å². The van der Waals surface area contributed by atoms with Crippen LogP contribution in [0.5, 0.6) is 5.75 Å². The highest BCUT2D eigenvalue weighted by atomic mass is 35.5. The average molecular weight is 441 g/mol. The standard InChI is InChI=1S/C20H22ClFN2O4S/c21-15-5-7-16(8-6-15)28-14-20(13-19(23)25)9-11-24(12-10-20)29(26,27)18-4-2-1-3-17(18)22/h1-8H,9-14H2,(H2,23,25). The molecule has 1 saturated heterocycles. The number of rotatable bonds is 7. The summed E-state index contributed by atoms with van der Waals surface area (Å²) in [5, 5.41) is 0.579. The zero-order valence-electron chi connectivity index (χ0n) is 15.7. The molecule has 156 valence electrons. The molecule has 0 bridgehead atoms. The zero-order valence-corrected chi connectivity index (χ0v) is 17.3. The first-order chi connectivity index (χ1) is 13.7. The highest BCUT2D eigenvalue weighted by Gasteiger charge is 2.41. The van der Waals surface area contributed by atoms with Crippen LogP contribution in [-0.4, -0.2) is 38.3 Å². The predicted octanol–water partition coefficient (Wildman–Crippen LogP) is 3.20. The number of hydrogen-bond acceptors (Lipinski definition) is 4. The number of hydrogen-bond donors (Lipinski definition) is 1. The summed E-state index contributed by atoms with van der Waals surface area (Å²) in [6.07, 6.45) is 0.822. The third-order valence-electron chi connectivity index (χ3n) is 5.15. The Labute approximate surface area is 174 Å². The number of carbonyl (C=O) groups excluding carboxylic acids is 1. The predicted molar refractivity (Wildman–Crippen MR) is 108 cm³/mol. The number of benzene rings is 2. The van der Waals surface area contributed by atoms with Gasteiger partial charge in [-0.25, -0.2) is 12.8 Å². The van der Waals surface area contributed by atoms with Crippen molar-refractivity contribution < 1.29 is 22.3 Å². The summed E-state index contributed by atoms with van der Waals surface area (Å²) in [6.45, 7) is 0.507. The lowest BCUT2D eigenvalue weighted by molar-refractivity contribution is -0.121. The van der Waals surface area contributed by atoms with Gasteiger partial charge in [0.05, 0.1) is 6.61 Å². The van der Waals surface area contributed by atoms with Gasteiger partial charge in [-0.3, -0.25) is 4.79 Å². The average Bonchev–Trinajstić information content (AvgIpc) is 2.68. The minimum absolute atomic E-state index is 0.0776. The first-order valence-electron chi connectivity index (χ1n) is 9.13. The Morgan fingerprint density at radius 2 is 1.76 bits per heavy atom. The first-order valence-corrected chi connectivity index (χ1v) is 11.0. The molecule has 2 aromatic rings. The Kier molecular flexibility index (Phi) is 6.45. The molecule has 2 aromatic carbocycles. The van der Waals surface area contributed by atoms with Gasteiger partial charge in [-0.05, 0) is 49.2 Å². The topological polar surface area (TPSA) is 89.7 Å². The molecule has 2 N–H and O–H groups in total. The van der Waals surface area contributed by atoms with Crippen LogP contribution in [0, 0.1) is 11.2 Å². The molecule has 0 atom stereocenters. The number of piperidine rings is 1. The summed E-state index contributed by atoms with van der Waals surface area (Å²) in [5.74, 6) is -0.665. The summed E-state index contributed by atoms with van der Waals surface area (Å²) in [6, 6.07) is 12.1. The van der Waals surface area contributed by atoms with Gasteiger partial charge in [0, 0.05) is 29.9 Å². The number of amides is 1. The van der Waals surface area contributed by atoms with E-state index < -0.39 is 27.2 Å². The highest BCUT2D eigenvalue weighted by Crippen LogP contribution is 2.37. The minimum Gasteiger partial charge on any atom is -0.493 e. The number of primary amides is 1. The van der Waals surface area contributed by atoms with E-state index in [0.29, 0.717) is 23.6 Å². The van der Waals surface area contributed by atoms with Gasteiger partial charge in [0.25, 0.3) is 0 Å². The lowest BCUT2D eigenvalue weighted by Crippen LogP contribution is -2.47. The molecule has 1 aliphatic heterocycles. The second kappa shape index (κ2) is 8.69. The van der Waals surface area contributed by atoms with E-state index in [9.17, 15) is 17.6 Å². The van der Waals surface area contributed by atoms with Crippen LogP contribution in [0.3, 0.4) is 0 Å². The van der Waals surface area contributed by atoms with E-state index >= 15 is 0 Å². The Hall–Kier alpha value is -2.16. The summed E-state index contributed by atoms with van der Waals surface area (Å²) in [5.41, 5.74) is 4.84. The molecule has 1 fully saturated rings. The van der Waals surface area contributed by atoms with Crippen LogP contribution in [0.2, 0.25) is 5.02 Å². The monoisotopic (exact) mass is 440 g/mol. The maximum absolute atomic E-state index is 14.0. The molecule has 29 heavy (non-hydrogen) atoms. The third kappa shape index (κ3) is 5.07. The molecule has 1 heterocycles. The molecular weight excluding hydrogens is 419 g/mol. The Morgan fingerprint density at radius 3 is 2.34 bits per heavy atom. The van der Waals surface area contributed by atoms with E-state index in [1.807, 2.05) is 0 Å². The first kappa shape index (κ1) is 21.5. The lowest BCUT2D eigenvalue weighted by Gasteiger charge is -2.40. The summed E-state index contributed by atoms with van der Waals surface area (Å²) < 4.78 is 46.7. The van der Waals surface area contributed by atoms with Gasteiger partial charge in [0.15, 0.2) is 0 Å². The molecule has 1 amide bonds. The molecule has 0 saturated carbocycles. The van der Waals surface area contributed by atoms with E-state index in [2.05, 4.69) is 0 Å². The maximum Gasteiger partial charge on any atom is 0.245 e. The molecule has 0 radical (unpaired) electrons. The normalized spacial score (nSPS) is 17.0. The van der Waals surface area contributed by atoms with Crippen molar-refractivity contribution in [2.45, 2.75) is 24.2 Å². The van der Waals surface area contributed by atoms with Gasteiger partial charge in [-0.1, -0.05) is 23.7 Å². The van der Waals surface area contributed by atoms with Crippen molar-refractivity contribution in [1.29, 1.82) is 0 Å². The number of sulfonamides is 1. The van der Waals surface area contributed by atoms with Crippen molar-refractivity contribution in [3.63, 3.8) is 0 Å². The number of ether oxygens (including phenoxy) is 1. The summed E-state index contributed by atoms with van der Waals surface area (Å²) in [7, 11) is -3.96. The molecule has 0 unspecified atom stereocenters. The van der Waals surface area contributed by atoms with Crippen molar-refractivity contribution in [3.05, 3.63) is 59.4 Å². The van der Waals surface area contributed by atoms with Crippen LogP contribution < -0.4 is 10.5 Å². The Morgan fingerprint density at radius 1 is 1.14 bits per heavy atom. The fourth-order valence-corrected chi connectivity index (χ4v) is 5.14. The molecule has 3 rings (SSSR count). The van der Waals surface area contributed by atoms with E-state index in [-0.39, 0.29) is 31.0 Å². The summed E-state index contributed by atoms with van der Waals surface area (Å²) >= 11 is 5.87. The molecule has 9 heteroatoms. The van der Waals surface area contributed by atoms with E-state index in [1.54, 1.807) is 24.3 Å². The number of nitrogens with zero attached hydrogens (tertiary/aromatic N) is 1. The highest BCUT2D eigenvalue weighted by molar-refractivity contribution is 7.89. The second-order valence-electron chi connectivity index (χ2n) is 7.22. The van der Waals surface area contributed by atoms with Crippen LogP contribution in [-0.2, 0) is 14.8 Å². The van der Waals surface area contributed by atoms with Gasteiger partial charge in [0.2, 0.25) is 15.9 Å². The lowest BCUT2D eigenvalue weighted by atomic mass is 9.76. The van der Waals surface area contributed by atoms with Crippen LogP contribution in [0.25, 0.3) is 0 Å². The molecule has 0 aliphatic carbocycles. The van der Waals surface area contributed by atoms with Crippen LogP contribution in [0.15, 0.2) is 53.4 Å². The van der Waals surface area contributed by atoms with Crippen LogP contribution in [0.4, 0.5) is 4.39 Å². The van der Waals surface area contributed by atoms with Gasteiger partial charge >= 0.3 is 0 Å². The van der Waals surface area contributed by atoms with E-state index in [4.69, 9.17) is 22.1 Å². The minimum atomic E-state index is -3.96. The number of nitrogens with two attached hydrogens (primary N) is 1. The van der Waals surface area contributed by atoms with Crippen molar-refractivity contribution in [2.75, 3.05) is 19.7 Å². The van der Waals surface area contributed by atoms with Crippen molar-refractivity contribution in [1.82, 2.24) is 4.31 Å². The van der Waals surface area contributed by atoms with Crippen LogP contribution >= 0.6 is 11.6 Å². The van der Waals surface area contributed by atoms with E-state index in [1.165, 1.54) is 22.5 Å². The Balaban J connectivity index is 1.73. The van der Waals surface area contributed by atoms with E-state index in [0.717, 1.165) is 6.07 Å². The largest absolute Gasteiger partial charge is 0.493 e. The second-order valence-corrected chi connectivity index (χ2v) is 9.56. The molecule has 6 nitrogen and oxygen atoms in total. The zero-order chi connectivity index (χ0) is 21.1. The molecule has 0 spiro atoms. The molecular formula is C20H22ClFN2O4S. The SMILES string of the molecule is NC(=O)CC1(COc2ccc(Cl)cc2)CCN(S(=O)(=O)c2ccccc2F)CC1. The smallest absolute Gasteiger partial charge is 0.245 e. The van der Waals surface area contributed by atoms with Gasteiger partial charge < -0.3 is 10.5 Å². The Bertz CT molecular complexity index is 974. The maximum atomic E-state index is 14.0.